The van der Waals surface area contributed by atoms with E-state index in [1.165, 1.54) is 5.56 Å². The van der Waals surface area contributed by atoms with Crippen molar-refractivity contribution < 1.29 is 19.1 Å². The summed E-state index contributed by atoms with van der Waals surface area (Å²) in [4.78, 5) is 15.4. The molecule has 3 aromatic heterocycles. The number of fused-ring (bicyclic) bond motifs is 2. The highest BCUT2D eigenvalue weighted by Gasteiger charge is 2.19. The van der Waals surface area contributed by atoms with Gasteiger partial charge in [0.2, 0.25) is 0 Å². The Kier molecular flexibility index (Phi) is 6.11. The Balaban J connectivity index is 1.32. The molecule has 180 valence electrons. The summed E-state index contributed by atoms with van der Waals surface area (Å²) < 4.78 is 14.0. The van der Waals surface area contributed by atoms with E-state index in [0.717, 1.165) is 50.6 Å². The average molecular weight is 489 g/mol. The molecule has 0 amide bonds. The highest BCUT2D eigenvalue weighted by molar-refractivity contribution is 7.13. The Hall–Kier alpha value is -3.58. The molecule has 2 aromatic carbocycles. The quantitative estimate of drug-likeness (QED) is 0.236. The molecule has 0 radical (unpaired) electrons. The van der Waals surface area contributed by atoms with Crippen LogP contribution in [0.25, 0.3) is 32.6 Å². The average Bonchev–Trinajstić information content (AvgIpc) is 3.54. The topological polar surface area (TPSA) is 77.5 Å². The summed E-state index contributed by atoms with van der Waals surface area (Å²) in [7, 11) is 0. The number of ether oxygens (including phenoxy) is 1. The third kappa shape index (κ3) is 5.10. The van der Waals surface area contributed by atoms with Crippen molar-refractivity contribution in [2.24, 2.45) is 0 Å². The summed E-state index contributed by atoms with van der Waals surface area (Å²) >= 11 is 1.62. The number of benzene rings is 2. The fourth-order valence-electron chi connectivity index (χ4n) is 4.04. The molecule has 5 aromatic rings. The van der Waals surface area contributed by atoms with Crippen LogP contribution in [0.5, 0.6) is 5.75 Å². The SMILES string of the molecule is CC(C)(C)c1csc(-c2cc3cc(Cn4ccc5cc(OCCCC(=O)O)ccc54)ccc3o2)n1. The molecule has 5 rings (SSSR count). The molecule has 3 heterocycles. The molecular formula is C28H28N2O4S. The van der Waals surface area contributed by atoms with Gasteiger partial charge in [-0.05, 0) is 54.4 Å². The van der Waals surface area contributed by atoms with E-state index in [9.17, 15) is 4.79 Å². The molecular weight excluding hydrogens is 460 g/mol. The Bertz CT molecular complexity index is 1500. The third-order valence-corrected chi connectivity index (χ3v) is 6.82. The lowest BCUT2D eigenvalue weighted by molar-refractivity contribution is -0.137. The second-order valence-corrected chi connectivity index (χ2v) is 10.6. The predicted octanol–water partition coefficient (Wildman–Crippen LogP) is 7.10. The van der Waals surface area contributed by atoms with Crippen LogP contribution in [0.3, 0.4) is 0 Å². The number of rotatable bonds is 8. The molecule has 0 aliphatic rings. The van der Waals surface area contributed by atoms with Crippen LogP contribution in [0.2, 0.25) is 0 Å². The van der Waals surface area contributed by atoms with E-state index in [2.05, 4.69) is 61.2 Å². The molecule has 0 aliphatic heterocycles. The number of nitrogens with zero attached hydrogens (tertiary/aromatic N) is 2. The zero-order valence-electron chi connectivity index (χ0n) is 20.1. The van der Waals surface area contributed by atoms with Crippen molar-refractivity contribution >= 4 is 39.2 Å². The maximum atomic E-state index is 10.6. The van der Waals surface area contributed by atoms with Gasteiger partial charge in [0.05, 0.1) is 12.3 Å². The zero-order chi connectivity index (χ0) is 24.6. The molecule has 0 aliphatic carbocycles. The van der Waals surface area contributed by atoms with Crippen molar-refractivity contribution in [3.8, 4) is 16.5 Å². The van der Waals surface area contributed by atoms with Crippen LogP contribution in [0.15, 0.2) is 64.5 Å². The lowest BCUT2D eigenvalue weighted by atomic mass is 9.93. The van der Waals surface area contributed by atoms with Gasteiger partial charge in [-0.3, -0.25) is 4.79 Å². The molecule has 0 fully saturated rings. The molecule has 1 N–H and O–H groups in total. The molecule has 7 heteroatoms. The number of carbonyl (C=O) groups is 1. The van der Waals surface area contributed by atoms with Crippen molar-refractivity contribution in [3.05, 3.63) is 71.4 Å². The van der Waals surface area contributed by atoms with Crippen LogP contribution in [0.1, 0.15) is 44.9 Å². The van der Waals surface area contributed by atoms with E-state index in [0.29, 0.717) is 13.0 Å². The van der Waals surface area contributed by atoms with Crippen LogP contribution in [-0.2, 0) is 16.8 Å². The number of thiazole rings is 1. The number of aliphatic carboxylic acids is 1. The Morgan fingerprint density at radius 3 is 2.74 bits per heavy atom. The Morgan fingerprint density at radius 2 is 1.97 bits per heavy atom. The summed E-state index contributed by atoms with van der Waals surface area (Å²) in [5, 5.41) is 13.9. The first-order valence-corrected chi connectivity index (χ1v) is 12.6. The standard InChI is InChI=1S/C28H28N2O4S/c1-28(2,3)25-17-35-27(29-25)24-15-20-13-18(6-9-23(20)34-24)16-30-11-10-19-14-21(7-8-22(19)30)33-12-4-5-26(31)32/h6-11,13-15,17H,4-5,12,16H2,1-3H3,(H,31,32). The first kappa shape index (κ1) is 23.2. The molecule has 0 saturated carbocycles. The minimum Gasteiger partial charge on any atom is -0.494 e. The van der Waals surface area contributed by atoms with Gasteiger partial charge in [0.25, 0.3) is 0 Å². The molecule has 35 heavy (non-hydrogen) atoms. The second kappa shape index (κ2) is 9.23. The summed E-state index contributed by atoms with van der Waals surface area (Å²) in [5.74, 6) is 0.758. The highest BCUT2D eigenvalue weighted by atomic mass is 32.1. The lowest BCUT2D eigenvalue weighted by Crippen LogP contribution is -2.11. The largest absolute Gasteiger partial charge is 0.494 e. The number of carboxylic acids is 1. The zero-order valence-corrected chi connectivity index (χ0v) is 20.9. The van der Waals surface area contributed by atoms with Gasteiger partial charge < -0.3 is 18.8 Å². The van der Waals surface area contributed by atoms with Gasteiger partial charge in [0, 0.05) is 46.2 Å². The van der Waals surface area contributed by atoms with E-state index in [1.54, 1.807) is 11.3 Å². The molecule has 0 bridgehead atoms. The second-order valence-electron chi connectivity index (χ2n) is 9.78. The summed E-state index contributed by atoms with van der Waals surface area (Å²) in [6.07, 6.45) is 2.68. The number of furan rings is 1. The molecule has 0 unspecified atom stereocenters. The van der Waals surface area contributed by atoms with Crippen molar-refractivity contribution in [1.29, 1.82) is 0 Å². The number of hydrogen-bond acceptors (Lipinski definition) is 5. The fourth-order valence-corrected chi connectivity index (χ4v) is 5.04. The van der Waals surface area contributed by atoms with Crippen molar-refractivity contribution in [1.82, 2.24) is 9.55 Å². The van der Waals surface area contributed by atoms with Crippen LogP contribution in [0.4, 0.5) is 0 Å². The van der Waals surface area contributed by atoms with Gasteiger partial charge in [0.1, 0.15) is 11.3 Å². The minimum atomic E-state index is -0.802. The monoisotopic (exact) mass is 488 g/mol. The van der Waals surface area contributed by atoms with Crippen LogP contribution >= 0.6 is 11.3 Å². The first-order chi connectivity index (χ1) is 16.8. The van der Waals surface area contributed by atoms with E-state index < -0.39 is 5.97 Å². The number of aromatic nitrogens is 2. The summed E-state index contributed by atoms with van der Waals surface area (Å²) in [6, 6.07) is 16.4. The van der Waals surface area contributed by atoms with Gasteiger partial charge in [-0.2, -0.15) is 0 Å². The van der Waals surface area contributed by atoms with E-state index in [1.807, 2.05) is 24.3 Å². The number of carboxylic acid groups (broad SMARTS) is 1. The molecule has 6 nitrogen and oxygen atoms in total. The third-order valence-electron chi connectivity index (χ3n) is 5.96. The molecule has 0 spiro atoms. The maximum absolute atomic E-state index is 10.6. The van der Waals surface area contributed by atoms with Gasteiger partial charge in [0.15, 0.2) is 10.8 Å². The fraction of sp³-hybridized carbons (Fsp3) is 0.286. The smallest absolute Gasteiger partial charge is 0.303 e. The van der Waals surface area contributed by atoms with Crippen molar-refractivity contribution in [2.45, 2.75) is 45.6 Å². The van der Waals surface area contributed by atoms with Crippen molar-refractivity contribution in [2.75, 3.05) is 6.61 Å². The molecule has 0 atom stereocenters. The summed E-state index contributed by atoms with van der Waals surface area (Å²) in [5.41, 5.74) is 4.25. The van der Waals surface area contributed by atoms with Gasteiger partial charge in [-0.25, -0.2) is 4.98 Å². The highest BCUT2D eigenvalue weighted by Crippen LogP contribution is 2.33. The van der Waals surface area contributed by atoms with E-state index in [4.69, 9.17) is 19.2 Å². The lowest BCUT2D eigenvalue weighted by Gasteiger charge is -2.13. The molecule has 0 saturated heterocycles. The van der Waals surface area contributed by atoms with Crippen LogP contribution < -0.4 is 4.74 Å². The van der Waals surface area contributed by atoms with E-state index >= 15 is 0 Å². The Labute approximate surface area is 207 Å². The summed E-state index contributed by atoms with van der Waals surface area (Å²) in [6.45, 7) is 7.63. The van der Waals surface area contributed by atoms with Crippen LogP contribution in [-0.4, -0.2) is 27.2 Å². The maximum Gasteiger partial charge on any atom is 0.303 e. The van der Waals surface area contributed by atoms with Gasteiger partial charge in [-0.1, -0.05) is 26.8 Å². The first-order valence-electron chi connectivity index (χ1n) is 11.7. The van der Waals surface area contributed by atoms with Crippen LogP contribution in [0, 0.1) is 0 Å². The van der Waals surface area contributed by atoms with Crippen molar-refractivity contribution in [3.63, 3.8) is 0 Å². The van der Waals surface area contributed by atoms with Gasteiger partial charge in [-0.15, -0.1) is 11.3 Å². The Morgan fingerprint density at radius 1 is 1.11 bits per heavy atom. The number of hydrogen-bond donors (Lipinski definition) is 1. The van der Waals surface area contributed by atoms with Gasteiger partial charge >= 0.3 is 5.97 Å². The van der Waals surface area contributed by atoms with E-state index in [-0.39, 0.29) is 11.8 Å². The predicted molar refractivity (Wildman–Crippen MR) is 139 cm³/mol. The normalized spacial score (nSPS) is 12.0. The minimum absolute atomic E-state index is 0.0146.